The Balaban J connectivity index is 1.67. The van der Waals surface area contributed by atoms with Crippen molar-refractivity contribution >= 4 is 23.4 Å². The molecule has 0 fully saturated rings. The number of ether oxygens (including phenoxy) is 1. The van der Waals surface area contributed by atoms with Crippen molar-refractivity contribution < 1.29 is 19.1 Å². The number of hydrogen-bond donors (Lipinski definition) is 3. The van der Waals surface area contributed by atoms with E-state index >= 15 is 0 Å². The van der Waals surface area contributed by atoms with Gasteiger partial charge in [0.15, 0.2) is 0 Å². The van der Waals surface area contributed by atoms with E-state index in [2.05, 4.69) is 16.0 Å². The molecule has 0 aliphatic rings. The van der Waals surface area contributed by atoms with E-state index in [0.717, 1.165) is 5.56 Å². The molecule has 0 heterocycles. The molecule has 0 radical (unpaired) electrons. The average Bonchev–Trinajstić information content (AvgIpc) is 2.70. The van der Waals surface area contributed by atoms with Crippen LogP contribution in [0.25, 0.3) is 0 Å². The molecule has 0 aliphatic heterocycles. The Labute approximate surface area is 164 Å². The van der Waals surface area contributed by atoms with Crippen molar-refractivity contribution in [2.24, 2.45) is 0 Å². The molecule has 7 nitrogen and oxygen atoms in total. The topological polar surface area (TPSA) is 96.5 Å². The highest BCUT2D eigenvalue weighted by Crippen LogP contribution is 2.10. The first kappa shape index (κ1) is 21.1. The lowest BCUT2D eigenvalue weighted by atomic mass is 10.2. The molecular weight excluding hydrogens is 358 g/mol. The quantitative estimate of drug-likeness (QED) is 0.548. The summed E-state index contributed by atoms with van der Waals surface area (Å²) < 4.78 is 4.78. The van der Waals surface area contributed by atoms with E-state index in [4.69, 9.17) is 4.74 Å². The van der Waals surface area contributed by atoms with Crippen LogP contribution < -0.4 is 16.0 Å². The molecule has 0 saturated carbocycles. The minimum absolute atomic E-state index is 0.0121. The number of hydrogen-bond acceptors (Lipinski definition) is 4. The Morgan fingerprint density at radius 1 is 0.929 bits per heavy atom. The molecule has 2 aromatic carbocycles. The molecule has 148 valence electrons. The highest BCUT2D eigenvalue weighted by molar-refractivity contribution is 5.94. The van der Waals surface area contributed by atoms with Crippen LogP contribution in [0.5, 0.6) is 0 Å². The van der Waals surface area contributed by atoms with Crippen molar-refractivity contribution in [3.8, 4) is 0 Å². The van der Waals surface area contributed by atoms with Crippen molar-refractivity contribution in [1.29, 1.82) is 0 Å². The number of rotatable bonds is 10. The van der Waals surface area contributed by atoms with Gasteiger partial charge < -0.3 is 20.7 Å². The lowest BCUT2D eigenvalue weighted by Gasteiger charge is -2.09. The highest BCUT2D eigenvalue weighted by Gasteiger charge is 2.06. The van der Waals surface area contributed by atoms with Crippen molar-refractivity contribution in [1.82, 2.24) is 10.6 Å². The maximum atomic E-state index is 12.0. The Bertz CT molecular complexity index is 793. The summed E-state index contributed by atoms with van der Waals surface area (Å²) in [5.74, 6) is -0.475. The molecule has 0 aliphatic carbocycles. The van der Waals surface area contributed by atoms with Gasteiger partial charge in [0.1, 0.15) is 6.61 Å². The summed E-state index contributed by atoms with van der Waals surface area (Å²) in [7, 11) is 1.46. The predicted molar refractivity (Wildman–Crippen MR) is 107 cm³/mol. The van der Waals surface area contributed by atoms with Gasteiger partial charge in [-0.05, 0) is 36.2 Å². The third-order valence-electron chi connectivity index (χ3n) is 3.88. The number of carbonyl (C=O) groups is 3. The zero-order valence-electron chi connectivity index (χ0n) is 15.9. The third-order valence-corrected chi connectivity index (χ3v) is 3.88. The van der Waals surface area contributed by atoms with Gasteiger partial charge in [-0.3, -0.25) is 14.4 Å². The Morgan fingerprint density at radius 3 is 2.46 bits per heavy atom. The first-order chi connectivity index (χ1) is 13.6. The van der Waals surface area contributed by atoms with E-state index in [9.17, 15) is 14.4 Å². The first-order valence-corrected chi connectivity index (χ1v) is 9.06. The van der Waals surface area contributed by atoms with Gasteiger partial charge in [0.25, 0.3) is 5.91 Å². The molecule has 3 amide bonds. The average molecular weight is 383 g/mol. The van der Waals surface area contributed by atoms with Gasteiger partial charge in [-0.2, -0.15) is 0 Å². The standard InChI is InChI=1S/C21H25N3O4/c1-28-15-20(26)24-18-10-5-7-16(13-18)14-23-19(25)11-6-12-22-21(27)17-8-3-2-4-9-17/h2-5,7-10,13H,6,11-12,14-15H2,1H3,(H,22,27)(H,23,25)(H,24,26). The van der Waals surface area contributed by atoms with E-state index < -0.39 is 0 Å². The summed E-state index contributed by atoms with van der Waals surface area (Å²) in [6.07, 6.45) is 0.872. The van der Waals surface area contributed by atoms with E-state index in [1.165, 1.54) is 7.11 Å². The predicted octanol–water partition coefficient (Wildman–Crippen LogP) is 2.10. The summed E-state index contributed by atoms with van der Waals surface area (Å²) in [6.45, 7) is 0.785. The number of carbonyl (C=O) groups excluding carboxylic acids is 3. The van der Waals surface area contributed by atoms with Crippen LogP contribution in [0.1, 0.15) is 28.8 Å². The van der Waals surface area contributed by atoms with Crippen LogP contribution in [0, 0.1) is 0 Å². The van der Waals surface area contributed by atoms with Crippen molar-refractivity contribution in [2.75, 3.05) is 25.6 Å². The summed E-state index contributed by atoms with van der Waals surface area (Å²) in [5.41, 5.74) is 2.13. The molecule has 28 heavy (non-hydrogen) atoms. The normalized spacial score (nSPS) is 10.2. The molecule has 7 heteroatoms. The fraction of sp³-hybridized carbons (Fsp3) is 0.286. The van der Waals surface area contributed by atoms with Gasteiger partial charge in [0.2, 0.25) is 11.8 Å². The van der Waals surface area contributed by atoms with Crippen LogP contribution in [-0.2, 0) is 20.9 Å². The molecule has 0 saturated heterocycles. The summed E-state index contributed by atoms with van der Waals surface area (Å²) >= 11 is 0. The maximum absolute atomic E-state index is 12.0. The van der Waals surface area contributed by atoms with Crippen LogP contribution >= 0.6 is 0 Å². The Morgan fingerprint density at radius 2 is 1.71 bits per heavy atom. The van der Waals surface area contributed by atoms with E-state index in [0.29, 0.717) is 37.2 Å². The summed E-state index contributed by atoms with van der Waals surface area (Å²) in [5, 5.41) is 8.35. The monoisotopic (exact) mass is 383 g/mol. The third kappa shape index (κ3) is 7.59. The van der Waals surface area contributed by atoms with Crippen LogP contribution in [0.4, 0.5) is 5.69 Å². The van der Waals surface area contributed by atoms with Crippen molar-refractivity contribution in [3.05, 3.63) is 65.7 Å². The van der Waals surface area contributed by atoms with Crippen LogP contribution in [0.3, 0.4) is 0 Å². The highest BCUT2D eigenvalue weighted by atomic mass is 16.5. The fourth-order valence-corrected chi connectivity index (χ4v) is 2.52. The second kappa shape index (κ2) is 11.5. The van der Waals surface area contributed by atoms with Crippen LogP contribution in [-0.4, -0.2) is 38.0 Å². The maximum Gasteiger partial charge on any atom is 0.251 e. The number of benzene rings is 2. The van der Waals surface area contributed by atoms with Gasteiger partial charge >= 0.3 is 0 Å². The lowest BCUT2D eigenvalue weighted by Crippen LogP contribution is -2.27. The Hall–Kier alpha value is -3.19. The zero-order chi connectivity index (χ0) is 20.2. The molecule has 0 aromatic heterocycles. The fourth-order valence-electron chi connectivity index (χ4n) is 2.52. The first-order valence-electron chi connectivity index (χ1n) is 9.06. The van der Waals surface area contributed by atoms with Crippen LogP contribution in [0.2, 0.25) is 0 Å². The molecule has 2 rings (SSSR count). The van der Waals surface area contributed by atoms with E-state index in [1.54, 1.807) is 36.4 Å². The zero-order valence-corrected chi connectivity index (χ0v) is 15.9. The van der Waals surface area contributed by atoms with Crippen molar-refractivity contribution in [2.45, 2.75) is 19.4 Å². The minimum Gasteiger partial charge on any atom is -0.375 e. The number of anilines is 1. The molecule has 2 aromatic rings. The largest absolute Gasteiger partial charge is 0.375 e. The van der Waals surface area contributed by atoms with Crippen LogP contribution in [0.15, 0.2) is 54.6 Å². The SMILES string of the molecule is COCC(=O)Nc1cccc(CNC(=O)CCCNC(=O)c2ccccc2)c1. The molecule has 0 unspecified atom stereocenters. The van der Waals surface area contributed by atoms with Gasteiger partial charge in [-0.1, -0.05) is 30.3 Å². The van der Waals surface area contributed by atoms with Gasteiger partial charge in [-0.25, -0.2) is 0 Å². The summed E-state index contributed by atoms with van der Waals surface area (Å²) in [6, 6.07) is 16.2. The van der Waals surface area contributed by atoms with Crippen molar-refractivity contribution in [3.63, 3.8) is 0 Å². The van der Waals surface area contributed by atoms with E-state index in [1.807, 2.05) is 18.2 Å². The molecule has 0 atom stereocenters. The molecular formula is C21H25N3O4. The lowest BCUT2D eigenvalue weighted by molar-refractivity contribution is -0.121. The second-order valence-electron chi connectivity index (χ2n) is 6.18. The van der Waals surface area contributed by atoms with Gasteiger partial charge in [0, 0.05) is 37.9 Å². The molecule has 3 N–H and O–H groups in total. The Kier molecular flexibility index (Phi) is 8.68. The summed E-state index contributed by atoms with van der Waals surface area (Å²) in [4.78, 5) is 35.4. The van der Waals surface area contributed by atoms with Gasteiger partial charge in [-0.15, -0.1) is 0 Å². The number of methoxy groups -OCH3 is 1. The van der Waals surface area contributed by atoms with Gasteiger partial charge in [0.05, 0.1) is 0 Å². The molecule has 0 bridgehead atoms. The molecule has 0 spiro atoms. The van der Waals surface area contributed by atoms with E-state index in [-0.39, 0.29) is 24.3 Å². The second-order valence-corrected chi connectivity index (χ2v) is 6.18. The minimum atomic E-state index is -0.235. The smallest absolute Gasteiger partial charge is 0.251 e. The number of nitrogens with one attached hydrogen (secondary N) is 3. The number of amides is 3.